The lowest BCUT2D eigenvalue weighted by molar-refractivity contribution is 0.0692. The molecule has 0 saturated heterocycles. The van der Waals surface area contributed by atoms with Crippen molar-refractivity contribution < 1.29 is 14.6 Å². The number of imidazole rings is 1. The van der Waals surface area contributed by atoms with Crippen LogP contribution in [0.1, 0.15) is 29.4 Å². The monoisotopic (exact) mass is 338 g/mol. The van der Waals surface area contributed by atoms with Gasteiger partial charge in [0, 0.05) is 6.20 Å². The number of para-hydroxylation sites is 1. The highest BCUT2D eigenvalue weighted by atomic mass is 16.5. The molecular formula is C18H18N4O3. The predicted molar refractivity (Wildman–Crippen MR) is 93.3 cm³/mol. The molecule has 3 rings (SSSR count). The molecule has 7 heteroatoms. The van der Waals surface area contributed by atoms with Gasteiger partial charge in [-0.05, 0) is 37.1 Å². The van der Waals surface area contributed by atoms with Crippen molar-refractivity contribution in [3.8, 4) is 5.75 Å². The number of rotatable bonds is 6. The third-order valence-corrected chi connectivity index (χ3v) is 3.52. The van der Waals surface area contributed by atoms with Crippen LogP contribution in [0.25, 0.3) is 5.65 Å². The molecule has 0 aliphatic rings. The summed E-state index contributed by atoms with van der Waals surface area (Å²) in [5.74, 6) is -0.364. The summed E-state index contributed by atoms with van der Waals surface area (Å²) in [6.45, 7) is 4.50. The first-order chi connectivity index (χ1) is 12.1. The number of hydrogen-bond donors (Lipinski definition) is 1. The SMILES string of the molecule is CCCOc1ccccc1N=Nc1c(C(=O)O)nc2ccc(C)cn12. The van der Waals surface area contributed by atoms with Gasteiger partial charge in [0.15, 0.2) is 11.5 Å². The fourth-order valence-electron chi connectivity index (χ4n) is 2.35. The van der Waals surface area contributed by atoms with E-state index < -0.39 is 5.97 Å². The summed E-state index contributed by atoms with van der Waals surface area (Å²) in [5.41, 5.74) is 1.87. The van der Waals surface area contributed by atoms with Gasteiger partial charge in [-0.25, -0.2) is 9.78 Å². The standard InChI is InChI=1S/C18H18N4O3/c1-3-10-25-14-7-5-4-6-13(14)20-21-17-16(18(23)24)19-15-9-8-12(2)11-22(15)17/h4-9,11H,3,10H2,1-2H3,(H,23,24). The molecule has 0 spiro atoms. The Morgan fingerprint density at radius 1 is 1.24 bits per heavy atom. The zero-order valence-electron chi connectivity index (χ0n) is 14.0. The molecule has 128 valence electrons. The van der Waals surface area contributed by atoms with Crippen molar-refractivity contribution in [2.45, 2.75) is 20.3 Å². The van der Waals surface area contributed by atoms with Crippen LogP contribution < -0.4 is 4.74 Å². The Hall–Kier alpha value is -3.22. The highest BCUT2D eigenvalue weighted by Gasteiger charge is 2.18. The van der Waals surface area contributed by atoms with Gasteiger partial charge in [-0.3, -0.25) is 4.40 Å². The fraction of sp³-hybridized carbons (Fsp3) is 0.222. The third-order valence-electron chi connectivity index (χ3n) is 3.52. The largest absolute Gasteiger partial charge is 0.491 e. The maximum atomic E-state index is 11.5. The maximum Gasteiger partial charge on any atom is 0.358 e. The Balaban J connectivity index is 2.05. The molecule has 1 N–H and O–H groups in total. The summed E-state index contributed by atoms with van der Waals surface area (Å²) < 4.78 is 7.27. The van der Waals surface area contributed by atoms with Crippen molar-refractivity contribution in [1.82, 2.24) is 9.38 Å². The number of aromatic carboxylic acids is 1. The molecule has 2 aromatic heterocycles. The minimum atomic E-state index is -1.15. The first-order valence-corrected chi connectivity index (χ1v) is 7.95. The highest BCUT2D eigenvalue weighted by Crippen LogP contribution is 2.30. The molecule has 2 heterocycles. The molecule has 25 heavy (non-hydrogen) atoms. The summed E-state index contributed by atoms with van der Waals surface area (Å²) in [4.78, 5) is 15.6. The van der Waals surface area contributed by atoms with Gasteiger partial charge < -0.3 is 9.84 Å². The number of benzene rings is 1. The van der Waals surface area contributed by atoms with Crippen LogP contribution in [-0.4, -0.2) is 27.1 Å². The van der Waals surface area contributed by atoms with Crippen molar-refractivity contribution >= 4 is 23.1 Å². The molecule has 3 aromatic rings. The van der Waals surface area contributed by atoms with Crippen molar-refractivity contribution in [1.29, 1.82) is 0 Å². The van der Waals surface area contributed by atoms with Crippen molar-refractivity contribution in [3.05, 3.63) is 53.9 Å². The van der Waals surface area contributed by atoms with Gasteiger partial charge in [0.2, 0.25) is 0 Å². The van der Waals surface area contributed by atoms with Crippen LogP contribution in [0.3, 0.4) is 0 Å². The van der Waals surface area contributed by atoms with Gasteiger partial charge in [-0.15, -0.1) is 10.2 Å². The fourth-order valence-corrected chi connectivity index (χ4v) is 2.35. The Morgan fingerprint density at radius 2 is 2.04 bits per heavy atom. The summed E-state index contributed by atoms with van der Waals surface area (Å²) in [6.07, 6.45) is 2.66. The van der Waals surface area contributed by atoms with Gasteiger partial charge in [-0.1, -0.05) is 25.1 Å². The van der Waals surface area contributed by atoms with E-state index >= 15 is 0 Å². The first kappa shape index (κ1) is 16.6. The predicted octanol–water partition coefficient (Wildman–Crippen LogP) is 4.55. The number of nitrogens with zero attached hydrogens (tertiary/aromatic N) is 4. The Labute approximate surface area is 144 Å². The average molecular weight is 338 g/mol. The van der Waals surface area contributed by atoms with Gasteiger partial charge in [-0.2, -0.15) is 0 Å². The summed E-state index contributed by atoms with van der Waals surface area (Å²) >= 11 is 0. The van der Waals surface area contributed by atoms with Crippen LogP contribution in [0.5, 0.6) is 5.75 Å². The number of fused-ring (bicyclic) bond motifs is 1. The van der Waals surface area contributed by atoms with E-state index in [1.165, 1.54) is 0 Å². The molecule has 1 aromatic carbocycles. The number of aryl methyl sites for hydroxylation is 1. The Bertz CT molecular complexity index is 947. The zero-order chi connectivity index (χ0) is 17.8. The number of azo groups is 1. The lowest BCUT2D eigenvalue weighted by Crippen LogP contribution is -1.96. The van der Waals surface area contributed by atoms with Crippen molar-refractivity contribution in [2.24, 2.45) is 10.2 Å². The molecule has 0 radical (unpaired) electrons. The molecule has 0 amide bonds. The molecule has 0 atom stereocenters. The molecule has 0 fully saturated rings. The first-order valence-electron chi connectivity index (χ1n) is 7.95. The van der Waals surface area contributed by atoms with Gasteiger partial charge in [0.25, 0.3) is 0 Å². The molecular weight excluding hydrogens is 320 g/mol. The smallest absolute Gasteiger partial charge is 0.358 e. The summed E-state index contributed by atoms with van der Waals surface area (Å²) in [5, 5.41) is 17.8. The second kappa shape index (κ2) is 7.12. The number of ether oxygens (including phenoxy) is 1. The van der Waals surface area contributed by atoms with E-state index in [2.05, 4.69) is 15.2 Å². The average Bonchev–Trinajstić information content (AvgIpc) is 2.97. The van der Waals surface area contributed by atoms with Gasteiger partial charge in [0.05, 0.1) is 6.61 Å². The van der Waals surface area contributed by atoms with Gasteiger partial charge >= 0.3 is 5.97 Å². The van der Waals surface area contributed by atoms with Crippen molar-refractivity contribution in [3.63, 3.8) is 0 Å². The lowest BCUT2D eigenvalue weighted by Gasteiger charge is -2.06. The van der Waals surface area contributed by atoms with Crippen LogP contribution in [-0.2, 0) is 0 Å². The van der Waals surface area contributed by atoms with E-state index in [1.807, 2.05) is 32.0 Å². The quantitative estimate of drug-likeness (QED) is 0.668. The second-order valence-electron chi connectivity index (χ2n) is 5.54. The zero-order valence-corrected chi connectivity index (χ0v) is 14.0. The highest BCUT2D eigenvalue weighted by molar-refractivity contribution is 5.91. The number of pyridine rings is 1. The number of hydrogen-bond acceptors (Lipinski definition) is 5. The van der Waals surface area contributed by atoms with Gasteiger partial charge in [0.1, 0.15) is 17.1 Å². The van der Waals surface area contributed by atoms with E-state index in [0.717, 1.165) is 12.0 Å². The van der Waals surface area contributed by atoms with E-state index in [9.17, 15) is 9.90 Å². The van der Waals surface area contributed by atoms with E-state index in [1.54, 1.807) is 28.8 Å². The number of carboxylic acids is 1. The van der Waals surface area contributed by atoms with Crippen LogP contribution in [0.15, 0.2) is 52.8 Å². The normalized spacial score (nSPS) is 11.3. The molecule has 7 nitrogen and oxygen atoms in total. The van der Waals surface area contributed by atoms with Crippen LogP contribution in [0.2, 0.25) is 0 Å². The Kier molecular flexibility index (Phi) is 4.74. The molecule has 0 saturated carbocycles. The minimum absolute atomic E-state index is 0.138. The lowest BCUT2D eigenvalue weighted by atomic mass is 10.3. The van der Waals surface area contributed by atoms with E-state index in [4.69, 9.17) is 4.74 Å². The number of carbonyl (C=O) groups is 1. The molecule has 0 aliphatic carbocycles. The molecule has 0 bridgehead atoms. The van der Waals surface area contributed by atoms with Crippen LogP contribution >= 0.6 is 0 Å². The summed E-state index contributed by atoms with van der Waals surface area (Å²) in [7, 11) is 0. The minimum Gasteiger partial charge on any atom is -0.491 e. The maximum absolute atomic E-state index is 11.5. The molecule has 0 aliphatic heterocycles. The molecule has 0 unspecified atom stereocenters. The topological polar surface area (TPSA) is 88.5 Å². The van der Waals surface area contributed by atoms with E-state index in [-0.39, 0.29) is 11.5 Å². The second-order valence-corrected chi connectivity index (χ2v) is 5.54. The third kappa shape index (κ3) is 3.50. The van der Waals surface area contributed by atoms with Crippen LogP contribution in [0.4, 0.5) is 11.5 Å². The number of carboxylic acid groups (broad SMARTS) is 1. The van der Waals surface area contributed by atoms with Crippen molar-refractivity contribution in [2.75, 3.05) is 6.61 Å². The van der Waals surface area contributed by atoms with Crippen LogP contribution in [0, 0.1) is 6.92 Å². The Morgan fingerprint density at radius 3 is 2.80 bits per heavy atom. The van der Waals surface area contributed by atoms with E-state index in [0.29, 0.717) is 23.7 Å². The summed E-state index contributed by atoms with van der Waals surface area (Å²) in [6, 6.07) is 10.9. The number of aromatic nitrogens is 2.